The first kappa shape index (κ1) is 20.2. The van der Waals surface area contributed by atoms with Crippen molar-refractivity contribution < 1.29 is 9.53 Å². The van der Waals surface area contributed by atoms with Gasteiger partial charge in [-0.25, -0.2) is 4.68 Å². The Balaban J connectivity index is 1.62. The van der Waals surface area contributed by atoms with E-state index in [0.717, 1.165) is 22.0 Å². The van der Waals surface area contributed by atoms with Crippen molar-refractivity contribution in [2.75, 3.05) is 5.33 Å². The number of pyridine rings is 1. The topological polar surface area (TPSA) is 74.1 Å². The molecule has 6 nitrogen and oxygen atoms in total. The Morgan fingerprint density at radius 3 is 2.57 bits per heavy atom. The number of nitrogens with zero attached hydrogens (tertiary/aromatic N) is 3. The average Bonchev–Trinajstić information content (AvgIpc) is 2.70. The zero-order valence-electron chi connectivity index (χ0n) is 14.8. The predicted molar refractivity (Wildman–Crippen MR) is 110 cm³/mol. The molecule has 0 unspecified atom stereocenters. The van der Waals surface area contributed by atoms with Crippen molar-refractivity contribution in [3.05, 3.63) is 87.1 Å². The Hall–Kier alpha value is -2.51. The summed E-state index contributed by atoms with van der Waals surface area (Å²) < 4.78 is 6.64. The molecule has 0 atom stereocenters. The van der Waals surface area contributed by atoms with Gasteiger partial charge >= 0.3 is 0 Å². The van der Waals surface area contributed by atoms with Gasteiger partial charge < -0.3 is 4.74 Å². The van der Waals surface area contributed by atoms with Crippen molar-refractivity contribution in [3.63, 3.8) is 0 Å². The summed E-state index contributed by atoms with van der Waals surface area (Å²) in [6.45, 7) is 0.0532. The molecule has 0 aliphatic heterocycles. The fourth-order valence-electron chi connectivity index (χ4n) is 2.46. The normalized spacial score (nSPS) is 10.6. The molecule has 0 N–H and O–H groups in total. The lowest BCUT2D eigenvalue weighted by molar-refractivity contribution is 0.0965. The minimum Gasteiger partial charge on any atom is -0.485 e. The van der Waals surface area contributed by atoms with Crippen LogP contribution in [-0.2, 0) is 19.6 Å². The second kappa shape index (κ2) is 9.61. The zero-order chi connectivity index (χ0) is 19.9. The SMILES string of the molecule is O=C(Cn1ncc(OCc2ccc(Cl)cn2)cc1=O)c1ccc(CCBr)cc1. The molecule has 2 heterocycles. The minimum atomic E-state index is -0.411. The predicted octanol–water partition coefficient (Wildman–Crippen LogP) is 3.69. The molecule has 0 amide bonds. The van der Waals surface area contributed by atoms with Crippen LogP contribution in [0.3, 0.4) is 0 Å². The number of ether oxygens (including phenoxy) is 1. The number of hydrogen-bond donors (Lipinski definition) is 0. The standard InChI is InChI=1S/C20H17BrClN3O3/c21-8-7-14-1-3-15(4-2-14)19(26)12-25-20(27)9-18(11-24-25)28-13-17-6-5-16(22)10-23-17/h1-6,9-11H,7-8,12-13H2. The number of aryl methyl sites for hydroxylation is 1. The molecule has 1 aromatic carbocycles. The first-order valence-corrected chi connectivity index (χ1v) is 10.0. The smallest absolute Gasteiger partial charge is 0.270 e. The Morgan fingerprint density at radius 2 is 1.93 bits per heavy atom. The third-order valence-corrected chi connectivity index (χ3v) is 4.59. The number of ketones is 1. The summed E-state index contributed by atoms with van der Waals surface area (Å²) in [7, 11) is 0. The van der Waals surface area contributed by atoms with Gasteiger partial charge in [-0.3, -0.25) is 14.6 Å². The summed E-state index contributed by atoms with van der Waals surface area (Å²) >= 11 is 9.17. The van der Waals surface area contributed by atoms with Crippen LogP contribution < -0.4 is 10.3 Å². The quantitative estimate of drug-likeness (QED) is 0.377. The molecule has 28 heavy (non-hydrogen) atoms. The van der Waals surface area contributed by atoms with Gasteiger partial charge in [0, 0.05) is 23.2 Å². The van der Waals surface area contributed by atoms with Gasteiger partial charge in [0.15, 0.2) is 5.78 Å². The Bertz CT molecular complexity index is 1000. The number of aromatic nitrogens is 3. The van der Waals surface area contributed by atoms with Gasteiger partial charge in [-0.15, -0.1) is 0 Å². The lowest BCUT2D eigenvalue weighted by Gasteiger charge is -2.08. The van der Waals surface area contributed by atoms with E-state index >= 15 is 0 Å². The summed E-state index contributed by atoms with van der Waals surface area (Å²) in [5, 5.41) is 5.43. The summed E-state index contributed by atoms with van der Waals surface area (Å²) in [6, 6.07) is 12.1. The van der Waals surface area contributed by atoms with Crippen LogP contribution in [0.5, 0.6) is 5.75 Å². The van der Waals surface area contributed by atoms with Crippen LogP contribution in [0.2, 0.25) is 5.02 Å². The maximum Gasteiger partial charge on any atom is 0.270 e. The number of rotatable bonds is 8. The highest BCUT2D eigenvalue weighted by Crippen LogP contribution is 2.11. The average molecular weight is 463 g/mol. The molecule has 3 aromatic rings. The van der Waals surface area contributed by atoms with E-state index in [4.69, 9.17) is 16.3 Å². The van der Waals surface area contributed by atoms with Crippen molar-refractivity contribution in [2.45, 2.75) is 19.6 Å². The Morgan fingerprint density at radius 1 is 1.14 bits per heavy atom. The molecule has 3 rings (SSSR count). The van der Waals surface area contributed by atoms with Gasteiger partial charge in [-0.1, -0.05) is 51.8 Å². The molecule has 0 saturated heterocycles. The molecule has 0 saturated carbocycles. The highest BCUT2D eigenvalue weighted by atomic mass is 79.9. The molecule has 0 bridgehead atoms. The summed E-state index contributed by atoms with van der Waals surface area (Å²) in [6.07, 6.45) is 3.82. The van der Waals surface area contributed by atoms with Crippen LogP contribution in [0.4, 0.5) is 0 Å². The van der Waals surface area contributed by atoms with Gasteiger partial charge in [0.25, 0.3) is 5.56 Å². The van der Waals surface area contributed by atoms with Crippen molar-refractivity contribution >= 4 is 33.3 Å². The van der Waals surface area contributed by atoms with Crippen molar-refractivity contribution in [1.82, 2.24) is 14.8 Å². The number of carbonyl (C=O) groups excluding carboxylic acids is 1. The number of Topliss-reactive ketones (excluding diaryl/α,β-unsaturated/α-hetero) is 1. The van der Waals surface area contributed by atoms with Gasteiger partial charge in [-0.05, 0) is 24.1 Å². The van der Waals surface area contributed by atoms with E-state index in [0.29, 0.717) is 22.0 Å². The van der Waals surface area contributed by atoms with E-state index in [2.05, 4.69) is 26.0 Å². The molecule has 2 aromatic heterocycles. The van der Waals surface area contributed by atoms with E-state index in [1.54, 1.807) is 24.3 Å². The highest BCUT2D eigenvalue weighted by Gasteiger charge is 2.10. The van der Waals surface area contributed by atoms with Gasteiger partial charge in [-0.2, -0.15) is 5.10 Å². The van der Waals surface area contributed by atoms with Crippen LogP contribution in [0.25, 0.3) is 0 Å². The first-order valence-electron chi connectivity index (χ1n) is 8.53. The number of alkyl halides is 1. The molecule has 0 fully saturated rings. The molecular formula is C20H17BrClN3O3. The third-order valence-electron chi connectivity index (χ3n) is 3.97. The highest BCUT2D eigenvalue weighted by molar-refractivity contribution is 9.09. The second-order valence-corrected chi connectivity index (χ2v) is 7.23. The van der Waals surface area contributed by atoms with Crippen LogP contribution in [0, 0.1) is 0 Å². The maximum atomic E-state index is 12.4. The number of carbonyl (C=O) groups is 1. The fraction of sp³-hybridized carbons (Fsp3) is 0.200. The zero-order valence-corrected chi connectivity index (χ0v) is 17.2. The maximum absolute atomic E-state index is 12.4. The van der Waals surface area contributed by atoms with Crippen molar-refractivity contribution in [1.29, 1.82) is 0 Å². The van der Waals surface area contributed by atoms with E-state index in [1.807, 2.05) is 12.1 Å². The first-order chi connectivity index (χ1) is 13.5. The van der Waals surface area contributed by atoms with Crippen molar-refractivity contribution in [2.24, 2.45) is 0 Å². The Labute approximate surface area is 175 Å². The number of hydrogen-bond acceptors (Lipinski definition) is 5. The van der Waals surface area contributed by atoms with Gasteiger partial charge in [0.05, 0.1) is 16.9 Å². The minimum absolute atomic E-state index is 0.129. The lowest BCUT2D eigenvalue weighted by atomic mass is 10.1. The van der Waals surface area contributed by atoms with E-state index in [1.165, 1.54) is 18.5 Å². The van der Waals surface area contributed by atoms with Gasteiger partial charge in [0.2, 0.25) is 0 Å². The molecule has 0 aliphatic carbocycles. The van der Waals surface area contributed by atoms with E-state index in [-0.39, 0.29) is 18.9 Å². The molecule has 144 valence electrons. The van der Waals surface area contributed by atoms with Crippen LogP contribution in [0.1, 0.15) is 21.6 Å². The van der Waals surface area contributed by atoms with Crippen LogP contribution >= 0.6 is 27.5 Å². The number of halogens is 2. The number of benzene rings is 1. The van der Waals surface area contributed by atoms with E-state index in [9.17, 15) is 9.59 Å². The van der Waals surface area contributed by atoms with Gasteiger partial charge in [0.1, 0.15) is 18.9 Å². The summed E-state index contributed by atoms with van der Waals surface area (Å²) in [5.74, 6) is 0.128. The third kappa shape index (κ3) is 5.50. The Kier molecular flexibility index (Phi) is 6.95. The van der Waals surface area contributed by atoms with Crippen LogP contribution in [-0.4, -0.2) is 25.9 Å². The van der Waals surface area contributed by atoms with E-state index < -0.39 is 5.56 Å². The molecular weight excluding hydrogens is 446 g/mol. The second-order valence-electron chi connectivity index (χ2n) is 6.00. The molecule has 0 radical (unpaired) electrons. The fourth-order valence-corrected chi connectivity index (χ4v) is 3.03. The molecule has 0 spiro atoms. The lowest BCUT2D eigenvalue weighted by Crippen LogP contribution is -2.26. The van der Waals surface area contributed by atoms with Crippen molar-refractivity contribution in [3.8, 4) is 5.75 Å². The molecule has 8 heteroatoms. The monoisotopic (exact) mass is 461 g/mol. The summed E-state index contributed by atoms with van der Waals surface area (Å²) in [5.41, 5.74) is 1.94. The summed E-state index contributed by atoms with van der Waals surface area (Å²) in [4.78, 5) is 28.7. The largest absolute Gasteiger partial charge is 0.485 e. The van der Waals surface area contributed by atoms with Crippen LogP contribution in [0.15, 0.2) is 59.7 Å². The molecule has 0 aliphatic rings.